The lowest BCUT2D eigenvalue weighted by molar-refractivity contribution is -0.146. The number of benzene rings is 1. The van der Waals surface area contributed by atoms with Crippen molar-refractivity contribution in [2.75, 3.05) is 17.2 Å². The second kappa shape index (κ2) is 9.25. The molecule has 0 bridgehead atoms. The number of fused-ring (bicyclic) bond motifs is 1. The SMILES string of the molecule is Cc1ncc(NC(=O)C(=O)N2C[C@@H](C)CC[C@@H]2c2ccc3c(c2)CCC(=O)N3)cc1C(F)F. The van der Waals surface area contributed by atoms with Crippen LogP contribution in [-0.4, -0.2) is 34.2 Å². The van der Waals surface area contributed by atoms with E-state index in [0.717, 1.165) is 29.3 Å². The van der Waals surface area contributed by atoms with E-state index in [-0.39, 0.29) is 34.8 Å². The van der Waals surface area contributed by atoms with Crippen molar-refractivity contribution in [2.45, 2.75) is 52.0 Å². The molecule has 1 aromatic carbocycles. The van der Waals surface area contributed by atoms with Crippen LogP contribution in [0.1, 0.15) is 61.0 Å². The first-order valence-electron chi connectivity index (χ1n) is 11.0. The molecule has 0 aliphatic carbocycles. The van der Waals surface area contributed by atoms with Gasteiger partial charge in [0.15, 0.2) is 0 Å². The third kappa shape index (κ3) is 4.86. The van der Waals surface area contributed by atoms with Crippen LogP contribution in [0.25, 0.3) is 0 Å². The van der Waals surface area contributed by atoms with Gasteiger partial charge in [-0.05, 0) is 55.4 Å². The highest BCUT2D eigenvalue weighted by Crippen LogP contribution is 2.36. The van der Waals surface area contributed by atoms with Crippen molar-refractivity contribution in [3.63, 3.8) is 0 Å². The highest BCUT2D eigenvalue weighted by atomic mass is 19.3. The third-order valence-corrected chi connectivity index (χ3v) is 6.30. The standard InChI is InChI=1S/C24H26F2N4O3/c1-13-3-7-20(16-4-6-19-15(9-16)5-8-21(31)29-19)30(12-13)24(33)23(32)28-17-10-18(22(25)26)14(2)27-11-17/h4,6,9-11,13,20,22H,3,5,7-8,12H2,1-2H3,(H,28,32)(H,29,31)/t13-,20+/m0/s1. The van der Waals surface area contributed by atoms with E-state index in [0.29, 0.717) is 25.8 Å². The summed E-state index contributed by atoms with van der Waals surface area (Å²) in [5.74, 6) is -1.39. The highest BCUT2D eigenvalue weighted by molar-refractivity contribution is 6.39. The molecular weight excluding hydrogens is 430 g/mol. The second-order valence-electron chi connectivity index (χ2n) is 8.77. The highest BCUT2D eigenvalue weighted by Gasteiger charge is 2.35. The Hall–Kier alpha value is -3.36. The molecule has 0 radical (unpaired) electrons. The Morgan fingerprint density at radius 3 is 2.76 bits per heavy atom. The van der Waals surface area contributed by atoms with Crippen LogP contribution in [0.4, 0.5) is 20.2 Å². The molecule has 4 rings (SSSR count). The Morgan fingerprint density at radius 2 is 2.00 bits per heavy atom. The van der Waals surface area contributed by atoms with Crippen LogP contribution in [0, 0.1) is 12.8 Å². The van der Waals surface area contributed by atoms with Crippen LogP contribution in [0.5, 0.6) is 0 Å². The number of nitrogens with zero attached hydrogens (tertiary/aromatic N) is 2. The number of aromatic nitrogens is 1. The molecule has 2 aromatic rings. The first-order valence-corrected chi connectivity index (χ1v) is 11.0. The quantitative estimate of drug-likeness (QED) is 0.679. The number of amides is 3. The van der Waals surface area contributed by atoms with Crippen LogP contribution in [0.2, 0.25) is 0 Å². The average Bonchev–Trinajstić information content (AvgIpc) is 2.79. The van der Waals surface area contributed by atoms with Crippen LogP contribution >= 0.6 is 0 Å². The molecule has 9 heteroatoms. The summed E-state index contributed by atoms with van der Waals surface area (Å²) in [6.45, 7) is 3.90. The summed E-state index contributed by atoms with van der Waals surface area (Å²) >= 11 is 0. The molecule has 174 valence electrons. The van der Waals surface area contributed by atoms with Crippen LogP contribution < -0.4 is 10.6 Å². The maximum absolute atomic E-state index is 13.2. The van der Waals surface area contributed by atoms with Crippen molar-refractivity contribution in [3.05, 3.63) is 52.8 Å². The maximum atomic E-state index is 13.2. The maximum Gasteiger partial charge on any atom is 0.313 e. The van der Waals surface area contributed by atoms with E-state index in [1.54, 1.807) is 4.90 Å². The molecule has 0 unspecified atom stereocenters. The minimum atomic E-state index is -2.73. The number of hydrogen-bond acceptors (Lipinski definition) is 4. The summed E-state index contributed by atoms with van der Waals surface area (Å²) in [5, 5.41) is 5.28. The van der Waals surface area contributed by atoms with Gasteiger partial charge in [0.25, 0.3) is 6.43 Å². The Kier molecular flexibility index (Phi) is 6.40. The van der Waals surface area contributed by atoms with Gasteiger partial charge in [0, 0.05) is 29.9 Å². The zero-order valence-corrected chi connectivity index (χ0v) is 18.5. The smallest absolute Gasteiger partial charge is 0.313 e. The molecule has 7 nitrogen and oxygen atoms in total. The van der Waals surface area contributed by atoms with E-state index in [2.05, 4.69) is 15.6 Å². The van der Waals surface area contributed by atoms with E-state index in [1.807, 2.05) is 25.1 Å². The van der Waals surface area contributed by atoms with Crippen LogP contribution in [-0.2, 0) is 20.8 Å². The molecule has 0 spiro atoms. The number of halogens is 2. The lowest BCUT2D eigenvalue weighted by Gasteiger charge is -2.39. The topological polar surface area (TPSA) is 91.4 Å². The van der Waals surface area contributed by atoms with Gasteiger partial charge >= 0.3 is 11.8 Å². The summed E-state index contributed by atoms with van der Waals surface area (Å²) in [6, 6.07) is 6.57. The number of aryl methyl sites for hydroxylation is 2. The largest absolute Gasteiger partial charge is 0.327 e. The molecule has 1 aromatic heterocycles. The summed E-state index contributed by atoms with van der Waals surface area (Å²) in [7, 11) is 0. The van der Waals surface area contributed by atoms with Crippen LogP contribution in [0.3, 0.4) is 0 Å². The van der Waals surface area contributed by atoms with Crippen molar-refractivity contribution >= 4 is 29.1 Å². The van der Waals surface area contributed by atoms with Gasteiger partial charge in [-0.15, -0.1) is 0 Å². The van der Waals surface area contributed by atoms with E-state index in [1.165, 1.54) is 13.1 Å². The minimum absolute atomic E-state index is 0.0178. The Balaban J connectivity index is 1.55. The molecule has 1 fully saturated rings. The Bertz CT molecular complexity index is 1110. The molecule has 1 saturated heterocycles. The van der Waals surface area contributed by atoms with Crippen LogP contribution in [0.15, 0.2) is 30.5 Å². The Morgan fingerprint density at radius 1 is 1.21 bits per heavy atom. The average molecular weight is 456 g/mol. The molecule has 0 saturated carbocycles. The number of likely N-dealkylation sites (tertiary alicyclic amines) is 1. The van der Waals surface area contributed by atoms with Crippen molar-refractivity contribution < 1.29 is 23.2 Å². The fourth-order valence-electron chi connectivity index (χ4n) is 4.49. The number of nitrogens with one attached hydrogen (secondary N) is 2. The van der Waals surface area contributed by atoms with Gasteiger partial charge in [0.2, 0.25) is 5.91 Å². The van der Waals surface area contributed by atoms with Crippen molar-refractivity contribution in [2.24, 2.45) is 5.92 Å². The lowest BCUT2D eigenvalue weighted by Crippen LogP contribution is -2.46. The van der Waals surface area contributed by atoms with E-state index >= 15 is 0 Å². The van der Waals surface area contributed by atoms with Gasteiger partial charge in [0.05, 0.1) is 17.9 Å². The molecule has 2 aliphatic rings. The fraction of sp³-hybridized carbons (Fsp3) is 0.417. The van der Waals surface area contributed by atoms with Crippen molar-refractivity contribution in [3.8, 4) is 0 Å². The number of piperidine rings is 1. The number of carbonyl (C=O) groups is 3. The summed E-state index contributed by atoms with van der Waals surface area (Å²) in [6.07, 6.45) is 1.18. The Labute approximate surface area is 190 Å². The summed E-state index contributed by atoms with van der Waals surface area (Å²) in [4.78, 5) is 43.0. The molecule has 33 heavy (non-hydrogen) atoms. The summed E-state index contributed by atoms with van der Waals surface area (Å²) < 4.78 is 26.3. The molecule has 2 aliphatic heterocycles. The number of hydrogen-bond donors (Lipinski definition) is 2. The first kappa shape index (κ1) is 22.8. The fourth-order valence-corrected chi connectivity index (χ4v) is 4.49. The van der Waals surface area contributed by atoms with Crippen molar-refractivity contribution in [1.29, 1.82) is 0 Å². The predicted octanol–water partition coefficient (Wildman–Crippen LogP) is 4.15. The van der Waals surface area contributed by atoms with Gasteiger partial charge in [-0.25, -0.2) is 8.78 Å². The minimum Gasteiger partial charge on any atom is -0.327 e. The third-order valence-electron chi connectivity index (χ3n) is 6.30. The van der Waals surface area contributed by atoms with E-state index in [9.17, 15) is 23.2 Å². The zero-order valence-electron chi connectivity index (χ0n) is 18.5. The molecule has 2 N–H and O–H groups in total. The molecule has 3 amide bonds. The normalized spacial score (nSPS) is 20.3. The number of carbonyl (C=O) groups excluding carboxylic acids is 3. The molecule has 2 atom stereocenters. The monoisotopic (exact) mass is 456 g/mol. The van der Waals surface area contributed by atoms with Gasteiger partial charge in [-0.2, -0.15) is 0 Å². The first-order chi connectivity index (χ1) is 15.7. The van der Waals surface area contributed by atoms with Gasteiger partial charge < -0.3 is 15.5 Å². The predicted molar refractivity (Wildman–Crippen MR) is 119 cm³/mol. The molecular formula is C24H26F2N4O3. The molecule has 3 heterocycles. The lowest BCUT2D eigenvalue weighted by atomic mass is 9.88. The van der Waals surface area contributed by atoms with Gasteiger partial charge in [0.1, 0.15) is 0 Å². The van der Waals surface area contributed by atoms with E-state index in [4.69, 9.17) is 0 Å². The number of anilines is 2. The summed E-state index contributed by atoms with van der Waals surface area (Å²) in [5.41, 5.74) is 2.63. The second-order valence-corrected chi connectivity index (χ2v) is 8.77. The van der Waals surface area contributed by atoms with Crippen molar-refractivity contribution in [1.82, 2.24) is 9.88 Å². The van der Waals surface area contributed by atoms with E-state index < -0.39 is 18.2 Å². The number of alkyl halides is 2. The van der Waals surface area contributed by atoms with Gasteiger partial charge in [-0.3, -0.25) is 19.4 Å². The zero-order chi connectivity index (χ0) is 23.7. The number of rotatable bonds is 3. The van der Waals surface area contributed by atoms with Gasteiger partial charge in [-0.1, -0.05) is 19.1 Å². The number of pyridine rings is 1.